The number of aromatic amines is 1. The predicted molar refractivity (Wildman–Crippen MR) is 78.0 cm³/mol. The van der Waals surface area contributed by atoms with Crippen molar-refractivity contribution in [2.75, 3.05) is 6.54 Å². The molecule has 0 saturated heterocycles. The maximum Gasteiger partial charge on any atom is 0.0522 e. The first-order chi connectivity index (χ1) is 9.24. The molecule has 0 spiro atoms. The van der Waals surface area contributed by atoms with Gasteiger partial charge in [0, 0.05) is 18.3 Å². The van der Waals surface area contributed by atoms with Crippen molar-refractivity contribution in [1.29, 1.82) is 0 Å². The van der Waals surface area contributed by atoms with Gasteiger partial charge in [-0.1, -0.05) is 18.6 Å². The van der Waals surface area contributed by atoms with Crippen molar-refractivity contribution in [3.8, 4) is 0 Å². The smallest absolute Gasteiger partial charge is 0.0522 e. The third kappa shape index (κ3) is 2.76. The molecule has 2 aliphatic rings. The molecular formula is C16H25N3. The van der Waals surface area contributed by atoms with Gasteiger partial charge in [-0.2, -0.15) is 5.10 Å². The highest BCUT2D eigenvalue weighted by atomic mass is 15.1. The average Bonchev–Trinajstić information content (AvgIpc) is 2.85. The van der Waals surface area contributed by atoms with Crippen LogP contribution in [0.3, 0.4) is 0 Å². The Morgan fingerprint density at radius 2 is 2.32 bits per heavy atom. The van der Waals surface area contributed by atoms with Gasteiger partial charge < -0.3 is 5.32 Å². The summed E-state index contributed by atoms with van der Waals surface area (Å²) < 4.78 is 0. The highest BCUT2D eigenvalue weighted by Crippen LogP contribution is 2.30. The highest BCUT2D eigenvalue weighted by molar-refractivity contribution is 5.21. The van der Waals surface area contributed by atoms with Crippen LogP contribution >= 0.6 is 0 Å². The summed E-state index contributed by atoms with van der Waals surface area (Å²) in [4.78, 5) is 0. The van der Waals surface area contributed by atoms with Gasteiger partial charge in [0.15, 0.2) is 0 Å². The summed E-state index contributed by atoms with van der Waals surface area (Å²) in [7, 11) is 0. The molecule has 0 bridgehead atoms. The molecule has 1 heterocycles. The molecule has 2 aliphatic carbocycles. The van der Waals surface area contributed by atoms with Crippen LogP contribution < -0.4 is 5.32 Å². The van der Waals surface area contributed by atoms with Crippen molar-refractivity contribution in [3.05, 3.63) is 29.1 Å². The summed E-state index contributed by atoms with van der Waals surface area (Å²) in [5, 5.41) is 11.1. The monoisotopic (exact) mass is 259 g/mol. The molecule has 0 fully saturated rings. The third-order valence-corrected chi connectivity index (χ3v) is 5.00. The number of hydrogen-bond acceptors (Lipinski definition) is 2. The van der Waals surface area contributed by atoms with Crippen molar-refractivity contribution in [2.45, 2.75) is 52.0 Å². The Kier molecular flexibility index (Phi) is 3.74. The maximum atomic E-state index is 4.15. The fraction of sp³-hybridized carbons (Fsp3) is 0.688. The Balaban J connectivity index is 1.56. The Bertz CT molecular complexity index is 460. The minimum Gasteiger partial charge on any atom is -0.313 e. The van der Waals surface area contributed by atoms with Gasteiger partial charge in [-0.15, -0.1) is 0 Å². The summed E-state index contributed by atoms with van der Waals surface area (Å²) in [5.74, 6) is 1.56. The first-order valence-corrected chi connectivity index (χ1v) is 7.65. The second-order valence-corrected chi connectivity index (χ2v) is 6.33. The summed E-state index contributed by atoms with van der Waals surface area (Å²) in [6, 6.07) is 0.632. The highest BCUT2D eigenvalue weighted by Gasteiger charge is 2.24. The molecule has 0 radical (unpaired) electrons. The van der Waals surface area contributed by atoms with Gasteiger partial charge >= 0.3 is 0 Å². The lowest BCUT2D eigenvalue weighted by molar-refractivity contribution is 0.325. The number of fused-ring (bicyclic) bond motifs is 1. The normalized spacial score (nSPS) is 30.8. The number of aryl methyl sites for hydroxylation is 1. The number of nitrogens with zero attached hydrogens (tertiary/aromatic N) is 1. The average molecular weight is 259 g/mol. The molecule has 19 heavy (non-hydrogen) atoms. The standard InChI is InChI=1S/C16H25N3/c1-11-4-3-5-12(2)15(11)10-17-14-6-7-16-13(8-14)9-18-19-16/h4,9,12,14-15,17H,3,5-8,10H2,1-2H3,(H,18,19)/t12-,14+,15+/m0/s1. The van der Waals surface area contributed by atoms with Crippen molar-refractivity contribution >= 4 is 0 Å². The fourth-order valence-corrected chi connectivity index (χ4v) is 3.62. The molecule has 0 aromatic carbocycles. The van der Waals surface area contributed by atoms with Gasteiger partial charge in [0.2, 0.25) is 0 Å². The Morgan fingerprint density at radius 1 is 1.42 bits per heavy atom. The third-order valence-electron chi connectivity index (χ3n) is 5.00. The van der Waals surface area contributed by atoms with E-state index in [1.165, 1.54) is 30.5 Å². The van der Waals surface area contributed by atoms with Crippen LogP contribution in [0.1, 0.15) is 44.4 Å². The van der Waals surface area contributed by atoms with Crippen LogP contribution in [0.2, 0.25) is 0 Å². The van der Waals surface area contributed by atoms with Gasteiger partial charge in [0.05, 0.1) is 6.20 Å². The lowest BCUT2D eigenvalue weighted by Gasteiger charge is -2.31. The number of hydrogen-bond donors (Lipinski definition) is 2. The SMILES string of the molecule is CC1=CCC[C@H](C)[C@@H]1CN[C@@H]1CCc2[nH]ncc2C1. The molecule has 1 aromatic heterocycles. The Labute approximate surface area is 115 Å². The van der Waals surface area contributed by atoms with E-state index in [4.69, 9.17) is 0 Å². The molecule has 1 aromatic rings. The quantitative estimate of drug-likeness (QED) is 0.820. The summed E-state index contributed by atoms with van der Waals surface area (Å²) in [5.41, 5.74) is 4.35. The second-order valence-electron chi connectivity index (χ2n) is 6.33. The number of H-pyrrole nitrogens is 1. The number of aromatic nitrogens is 2. The van der Waals surface area contributed by atoms with E-state index in [1.54, 1.807) is 5.57 Å². The molecule has 0 aliphatic heterocycles. The Hall–Kier alpha value is -1.09. The molecule has 3 rings (SSSR count). The second kappa shape index (κ2) is 5.49. The van der Waals surface area contributed by atoms with Crippen molar-refractivity contribution in [1.82, 2.24) is 15.5 Å². The van der Waals surface area contributed by atoms with Gasteiger partial charge in [0.25, 0.3) is 0 Å². The Morgan fingerprint density at radius 3 is 3.16 bits per heavy atom. The molecule has 0 saturated carbocycles. The molecule has 3 atom stereocenters. The molecule has 0 unspecified atom stereocenters. The molecule has 104 valence electrons. The van der Waals surface area contributed by atoms with Crippen molar-refractivity contribution in [3.63, 3.8) is 0 Å². The number of nitrogens with one attached hydrogen (secondary N) is 2. The van der Waals surface area contributed by atoms with Crippen LogP contribution in [0.5, 0.6) is 0 Å². The fourth-order valence-electron chi connectivity index (χ4n) is 3.62. The van der Waals surface area contributed by atoms with E-state index in [1.807, 2.05) is 6.20 Å². The van der Waals surface area contributed by atoms with Crippen molar-refractivity contribution in [2.24, 2.45) is 11.8 Å². The van der Waals surface area contributed by atoms with E-state index in [9.17, 15) is 0 Å². The first-order valence-electron chi connectivity index (χ1n) is 7.65. The van der Waals surface area contributed by atoms with Gasteiger partial charge in [-0.3, -0.25) is 5.10 Å². The molecule has 2 N–H and O–H groups in total. The van der Waals surface area contributed by atoms with Crippen LogP contribution in [-0.2, 0) is 12.8 Å². The van der Waals surface area contributed by atoms with E-state index >= 15 is 0 Å². The zero-order chi connectivity index (χ0) is 13.2. The largest absolute Gasteiger partial charge is 0.313 e. The molecule has 3 nitrogen and oxygen atoms in total. The lowest BCUT2D eigenvalue weighted by Crippen LogP contribution is -2.39. The van der Waals surface area contributed by atoms with Crippen LogP contribution in [-0.4, -0.2) is 22.8 Å². The van der Waals surface area contributed by atoms with Crippen LogP contribution in [0, 0.1) is 11.8 Å². The van der Waals surface area contributed by atoms with Crippen LogP contribution in [0.4, 0.5) is 0 Å². The maximum absolute atomic E-state index is 4.15. The zero-order valence-electron chi connectivity index (χ0n) is 12.1. The van der Waals surface area contributed by atoms with E-state index in [-0.39, 0.29) is 0 Å². The summed E-state index contributed by atoms with van der Waals surface area (Å²) >= 11 is 0. The molecule has 0 amide bonds. The lowest BCUT2D eigenvalue weighted by atomic mass is 9.80. The van der Waals surface area contributed by atoms with E-state index in [2.05, 4.69) is 35.4 Å². The van der Waals surface area contributed by atoms with E-state index in [0.29, 0.717) is 6.04 Å². The molecular weight excluding hydrogens is 234 g/mol. The zero-order valence-corrected chi connectivity index (χ0v) is 12.1. The minimum absolute atomic E-state index is 0.632. The number of rotatable bonds is 3. The first kappa shape index (κ1) is 12.9. The minimum atomic E-state index is 0.632. The van der Waals surface area contributed by atoms with Gasteiger partial charge in [0.1, 0.15) is 0 Å². The summed E-state index contributed by atoms with van der Waals surface area (Å²) in [6.45, 7) is 5.84. The van der Waals surface area contributed by atoms with E-state index in [0.717, 1.165) is 31.2 Å². The summed E-state index contributed by atoms with van der Waals surface area (Å²) in [6.07, 6.45) is 10.6. The predicted octanol–water partition coefficient (Wildman–Crippen LogP) is 2.85. The van der Waals surface area contributed by atoms with Gasteiger partial charge in [-0.05, 0) is 56.4 Å². The molecule has 3 heteroatoms. The number of allylic oxidation sites excluding steroid dienone is 1. The van der Waals surface area contributed by atoms with Crippen LogP contribution in [0.25, 0.3) is 0 Å². The topological polar surface area (TPSA) is 40.7 Å². The van der Waals surface area contributed by atoms with E-state index < -0.39 is 0 Å². The van der Waals surface area contributed by atoms with Crippen molar-refractivity contribution < 1.29 is 0 Å². The van der Waals surface area contributed by atoms with Gasteiger partial charge in [-0.25, -0.2) is 0 Å². The van der Waals surface area contributed by atoms with Crippen LogP contribution in [0.15, 0.2) is 17.8 Å².